The molecule has 0 radical (unpaired) electrons. The molecule has 7 heteroatoms. The molecule has 0 bridgehead atoms. The molecule has 4 N–H and O–H groups in total. The molecule has 1 aromatic carbocycles. The summed E-state index contributed by atoms with van der Waals surface area (Å²) < 4.78 is 14.4. The molecule has 2 aromatic rings. The third-order valence-corrected chi connectivity index (χ3v) is 4.26. The van der Waals surface area contributed by atoms with Crippen molar-refractivity contribution in [3.8, 4) is 0 Å². The standard InChI is InChI=1S/C13H13BrFN3OS/c1-17-13(19)12-10(16)5-11(20-12)18-6-7-4-8(14)2-3-9(7)15/h2-5,18H,6,16H2,1H3,(H,17,19). The smallest absolute Gasteiger partial charge is 0.263 e. The second-order valence-corrected chi connectivity index (χ2v) is 6.03. The molecule has 0 unspecified atom stereocenters. The van der Waals surface area contributed by atoms with Crippen molar-refractivity contribution in [1.82, 2.24) is 5.32 Å². The summed E-state index contributed by atoms with van der Waals surface area (Å²) in [6.45, 7) is 0.318. The number of nitrogen functional groups attached to an aromatic ring is 1. The first-order valence-electron chi connectivity index (χ1n) is 5.80. The lowest BCUT2D eigenvalue weighted by atomic mass is 10.2. The number of anilines is 2. The summed E-state index contributed by atoms with van der Waals surface area (Å²) in [5, 5.41) is 6.31. The van der Waals surface area contributed by atoms with Gasteiger partial charge in [-0.3, -0.25) is 4.79 Å². The van der Waals surface area contributed by atoms with Crippen LogP contribution in [0.4, 0.5) is 15.1 Å². The van der Waals surface area contributed by atoms with Crippen LogP contribution in [-0.2, 0) is 6.54 Å². The molecular formula is C13H13BrFN3OS. The Morgan fingerprint density at radius 1 is 1.45 bits per heavy atom. The van der Waals surface area contributed by atoms with E-state index in [0.717, 1.165) is 9.47 Å². The maximum atomic E-state index is 13.6. The minimum absolute atomic E-state index is 0.228. The van der Waals surface area contributed by atoms with Crippen molar-refractivity contribution in [2.24, 2.45) is 0 Å². The normalized spacial score (nSPS) is 10.3. The van der Waals surface area contributed by atoms with E-state index in [1.807, 2.05) is 0 Å². The Balaban J connectivity index is 2.11. The van der Waals surface area contributed by atoms with E-state index in [1.165, 1.54) is 17.4 Å². The first kappa shape index (κ1) is 14.8. The summed E-state index contributed by atoms with van der Waals surface area (Å²) >= 11 is 4.54. The van der Waals surface area contributed by atoms with Gasteiger partial charge in [0.2, 0.25) is 0 Å². The summed E-state index contributed by atoms with van der Waals surface area (Å²) in [6.07, 6.45) is 0. The zero-order valence-corrected chi connectivity index (χ0v) is 13.1. The van der Waals surface area contributed by atoms with E-state index in [4.69, 9.17) is 5.73 Å². The minimum Gasteiger partial charge on any atom is -0.397 e. The third kappa shape index (κ3) is 3.29. The predicted octanol–water partition coefficient (Wildman–Crippen LogP) is 3.20. The van der Waals surface area contributed by atoms with Crippen molar-refractivity contribution in [2.75, 3.05) is 18.1 Å². The Labute approximate surface area is 128 Å². The number of nitrogens with two attached hydrogens (primary N) is 1. The van der Waals surface area contributed by atoms with Crippen LogP contribution < -0.4 is 16.4 Å². The molecule has 0 aliphatic heterocycles. The van der Waals surface area contributed by atoms with Gasteiger partial charge in [-0.1, -0.05) is 15.9 Å². The number of carbonyl (C=O) groups is 1. The Morgan fingerprint density at radius 3 is 2.90 bits per heavy atom. The van der Waals surface area contributed by atoms with Gasteiger partial charge in [-0.2, -0.15) is 0 Å². The van der Waals surface area contributed by atoms with E-state index in [0.29, 0.717) is 22.7 Å². The Morgan fingerprint density at radius 2 is 2.20 bits per heavy atom. The fourth-order valence-electron chi connectivity index (χ4n) is 1.64. The van der Waals surface area contributed by atoms with Gasteiger partial charge in [0.25, 0.3) is 5.91 Å². The Hall–Kier alpha value is -1.60. The van der Waals surface area contributed by atoms with Gasteiger partial charge < -0.3 is 16.4 Å². The van der Waals surface area contributed by atoms with E-state index < -0.39 is 0 Å². The molecule has 0 saturated heterocycles. The average Bonchev–Trinajstić information content (AvgIpc) is 2.80. The molecule has 1 aromatic heterocycles. The van der Waals surface area contributed by atoms with Gasteiger partial charge in [0, 0.05) is 23.6 Å². The number of hydrogen-bond acceptors (Lipinski definition) is 4. The van der Waals surface area contributed by atoms with Crippen LogP contribution in [0.25, 0.3) is 0 Å². The van der Waals surface area contributed by atoms with Gasteiger partial charge in [-0.25, -0.2) is 4.39 Å². The zero-order valence-electron chi connectivity index (χ0n) is 10.7. The zero-order chi connectivity index (χ0) is 14.7. The Kier molecular flexibility index (Phi) is 4.61. The lowest BCUT2D eigenvalue weighted by molar-refractivity contribution is 0.0968. The molecule has 20 heavy (non-hydrogen) atoms. The van der Waals surface area contributed by atoms with Crippen LogP contribution in [0.1, 0.15) is 15.2 Å². The van der Waals surface area contributed by atoms with Crippen LogP contribution in [0.2, 0.25) is 0 Å². The van der Waals surface area contributed by atoms with Crippen LogP contribution in [0.15, 0.2) is 28.7 Å². The van der Waals surface area contributed by atoms with Gasteiger partial charge in [0.05, 0.1) is 10.7 Å². The van der Waals surface area contributed by atoms with Crippen LogP contribution in [0.3, 0.4) is 0 Å². The highest BCUT2D eigenvalue weighted by Gasteiger charge is 2.13. The molecule has 1 heterocycles. The second kappa shape index (κ2) is 6.23. The van der Waals surface area contributed by atoms with E-state index in [1.54, 1.807) is 25.2 Å². The van der Waals surface area contributed by atoms with Gasteiger partial charge in [0.1, 0.15) is 10.7 Å². The highest BCUT2D eigenvalue weighted by molar-refractivity contribution is 9.10. The molecule has 2 rings (SSSR count). The number of halogens is 2. The summed E-state index contributed by atoms with van der Waals surface area (Å²) in [4.78, 5) is 12.0. The van der Waals surface area contributed by atoms with Gasteiger partial charge in [-0.15, -0.1) is 11.3 Å². The number of rotatable bonds is 4. The summed E-state index contributed by atoms with van der Waals surface area (Å²) in [7, 11) is 1.55. The first-order chi connectivity index (χ1) is 9.51. The second-order valence-electron chi connectivity index (χ2n) is 4.06. The summed E-state index contributed by atoms with van der Waals surface area (Å²) in [6, 6.07) is 6.43. The highest BCUT2D eigenvalue weighted by Crippen LogP contribution is 2.29. The molecule has 0 fully saturated rings. The van der Waals surface area contributed by atoms with Crippen molar-refractivity contribution in [3.05, 3.63) is 45.0 Å². The van der Waals surface area contributed by atoms with Gasteiger partial charge >= 0.3 is 0 Å². The van der Waals surface area contributed by atoms with Crippen molar-refractivity contribution in [3.63, 3.8) is 0 Å². The average molecular weight is 358 g/mol. The molecule has 0 saturated carbocycles. The van der Waals surface area contributed by atoms with E-state index in [2.05, 4.69) is 26.6 Å². The van der Waals surface area contributed by atoms with E-state index >= 15 is 0 Å². The molecule has 106 valence electrons. The molecule has 0 aliphatic rings. The van der Waals surface area contributed by atoms with Crippen molar-refractivity contribution >= 4 is 43.9 Å². The molecule has 4 nitrogen and oxygen atoms in total. The van der Waals surface area contributed by atoms with Crippen LogP contribution >= 0.6 is 27.3 Å². The number of amides is 1. The molecule has 0 aliphatic carbocycles. The fourth-order valence-corrected chi connectivity index (χ4v) is 2.97. The fraction of sp³-hybridized carbons (Fsp3) is 0.154. The number of hydrogen-bond donors (Lipinski definition) is 3. The lowest BCUT2D eigenvalue weighted by Gasteiger charge is -2.05. The van der Waals surface area contributed by atoms with Gasteiger partial charge in [-0.05, 0) is 24.3 Å². The number of carbonyl (C=O) groups excluding carboxylic acids is 1. The number of thiophene rings is 1. The van der Waals surface area contributed by atoms with Crippen molar-refractivity contribution in [2.45, 2.75) is 6.54 Å². The van der Waals surface area contributed by atoms with Crippen LogP contribution in [0, 0.1) is 5.82 Å². The molecule has 1 amide bonds. The number of benzene rings is 1. The first-order valence-corrected chi connectivity index (χ1v) is 7.41. The molecular weight excluding hydrogens is 345 g/mol. The van der Waals surface area contributed by atoms with Crippen molar-refractivity contribution in [1.29, 1.82) is 0 Å². The largest absolute Gasteiger partial charge is 0.397 e. The predicted molar refractivity (Wildman–Crippen MR) is 83.5 cm³/mol. The third-order valence-electron chi connectivity index (χ3n) is 2.65. The molecule has 0 spiro atoms. The quantitative estimate of drug-likeness (QED) is 0.786. The van der Waals surface area contributed by atoms with Crippen LogP contribution in [0.5, 0.6) is 0 Å². The topological polar surface area (TPSA) is 67.2 Å². The monoisotopic (exact) mass is 357 g/mol. The minimum atomic E-state index is -0.281. The van der Waals surface area contributed by atoms with E-state index in [9.17, 15) is 9.18 Å². The maximum Gasteiger partial charge on any atom is 0.263 e. The summed E-state index contributed by atoms with van der Waals surface area (Å²) in [5.74, 6) is -0.508. The van der Waals surface area contributed by atoms with E-state index in [-0.39, 0.29) is 11.7 Å². The summed E-state index contributed by atoms with van der Waals surface area (Å²) in [5.41, 5.74) is 6.71. The van der Waals surface area contributed by atoms with Crippen molar-refractivity contribution < 1.29 is 9.18 Å². The lowest BCUT2D eigenvalue weighted by Crippen LogP contribution is -2.17. The Bertz CT molecular complexity index is 645. The highest BCUT2D eigenvalue weighted by atomic mass is 79.9. The SMILES string of the molecule is CNC(=O)c1sc(NCc2cc(Br)ccc2F)cc1N. The maximum absolute atomic E-state index is 13.6. The van der Waals surface area contributed by atoms with Crippen LogP contribution in [-0.4, -0.2) is 13.0 Å². The molecule has 0 atom stereocenters. The number of nitrogens with one attached hydrogen (secondary N) is 2. The van der Waals surface area contributed by atoms with Gasteiger partial charge in [0.15, 0.2) is 0 Å².